The molecule has 1 aliphatic rings. The third kappa shape index (κ3) is 2.15. The zero-order valence-corrected chi connectivity index (χ0v) is 11.7. The predicted molar refractivity (Wildman–Crippen MR) is 78.8 cm³/mol. The molecular formula is C15H18N4O. The van der Waals surface area contributed by atoms with Crippen molar-refractivity contribution in [2.45, 2.75) is 32.9 Å². The van der Waals surface area contributed by atoms with Gasteiger partial charge < -0.3 is 10.6 Å². The number of hydrogen-bond donors (Lipinski definition) is 2. The molecule has 0 saturated heterocycles. The zero-order chi connectivity index (χ0) is 14.1. The van der Waals surface area contributed by atoms with E-state index in [0.29, 0.717) is 6.42 Å². The molecule has 1 atom stereocenters. The summed E-state index contributed by atoms with van der Waals surface area (Å²) < 4.78 is 1.89. The first-order valence-corrected chi connectivity index (χ1v) is 6.87. The minimum Gasteiger partial charge on any atom is -0.357 e. The van der Waals surface area contributed by atoms with Crippen LogP contribution in [0.4, 0.5) is 11.5 Å². The van der Waals surface area contributed by atoms with Crippen LogP contribution in [0.1, 0.15) is 18.2 Å². The van der Waals surface area contributed by atoms with Crippen molar-refractivity contribution in [1.29, 1.82) is 0 Å². The molecule has 20 heavy (non-hydrogen) atoms. The van der Waals surface area contributed by atoms with Gasteiger partial charge >= 0.3 is 0 Å². The first-order chi connectivity index (χ1) is 9.69. The van der Waals surface area contributed by atoms with E-state index in [0.717, 1.165) is 29.3 Å². The number of carbonyl (C=O) groups excluding carboxylic acids is 1. The highest BCUT2D eigenvalue weighted by molar-refractivity contribution is 6.03. The van der Waals surface area contributed by atoms with Crippen molar-refractivity contribution in [2.24, 2.45) is 0 Å². The Morgan fingerprint density at radius 2 is 2.05 bits per heavy atom. The molecule has 5 heteroatoms. The SMILES string of the molecule is CCn1nc(C)c2c1NC(Cc1ccccc1)C(=O)N2. The molecule has 2 heterocycles. The smallest absolute Gasteiger partial charge is 0.247 e. The highest BCUT2D eigenvalue weighted by Gasteiger charge is 2.29. The van der Waals surface area contributed by atoms with Gasteiger partial charge in [-0.15, -0.1) is 0 Å². The van der Waals surface area contributed by atoms with Crippen LogP contribution in [0.3, 0.4) is 0 Å². The van der Waals surface area contributed by atoms with E-state index < -0.39 is 0 Å². The van der Waals surface area contributed by atoms with Gasteiger partial charge in [0.15, 0.2) is 0 Å². The molecular weight excluding hydrogens is 252 g/mol. The van der Waals surface area contributed by atoms with Crippen molar-refractivity contribution in [2.75, 3.05) is 10.6 Å². The summed E-state index contributed by atoms with van der Waals surface area (Å²) >= 11 is 0. The Morgan fingerprint density at radius 3 is 2.75 bits per heavy atom. The number of aryl methyl sites for hydroxylation is 2. The number of rotatable bonds is 3. The molecule has 2 N–H and O–H groups in total. The topological polar surface area (TPSA) is 59.0 Å². The molecule has 1 aromatic heterocycles. The molecule has 3 rings (SSSR count). The summed E-state index contributed by atoms with van der Waals surface area (Å²) in [7, 11) is 0. The molecule has 1 aliphatic heterocycles. The molecule has 104 valence electrons. The van der Waals surface area contributed by atoms with Crippen LogP contribution in [0.2, 0.25) is 0 Å². The Bertz CT molecular complexity index is 633. The number of hydrogen-bond acceptors (Lipinski definition) is 3. The minimum atomic E-state index is -0.258. The Kier molecular flexibility index (Phi) is 3.18. The van der Waals surface area contributed by atoms with Crippen molar-refractivity contribution in [3.8, 4) is 0 Å². The lowest BCUT2D eigenvalue weighted by molar-refractivity contribution is -0.117. The fourth-order valence-corrected chi connectivity index (χ4v) is 2.54. The molecule has 0 saturated carbocycles. The number of nitrogens with zero attached hydrogens (tertiary/aromatic N) is 2. The van der Waals surface area contributed by atoms with Gasteiger partial charge in [-0.05, 0) is 19.4 Å². The second-order valence-corrected chi connectivity index (χ2v) is 5.00. The van der Waals surface area contributed by atoms with Gasteiger partial charge in [-0.25, -0.2) is 4.68 Å². The highest BCUT2D eigenvalue weighted by Crippen LogP contribution is 2.30. The van der Waals surface area contributed by atoms with E-state index >= 15 is 0 Å². The van der Waals surface area contributed by atoms with Gasteiger partial charge in [0.25, 0.3) is 0 Å². The largest absolute Gasteiger partial charge is 0.357 e. The molecule has 1 aromatic carbocycles. The van der Waals surface area contributed by atoms with Crippen LogP contribution in [-0.2, 0) is 17.8 Å². The minimum absolute atomic E-state index is 0.0000983. The van der Waals surface area contributed by atoms with Gasteiger partial charge in [0, 0.05) is 13.0 Å². The van der Waals surface area contributed by atoms with E-state index in [9.17, 15) is 4.79 Å². The van der Waals surface area contributed by atoms with Crippen molar-refractivity contribution in [3.63, 3.8) is 0 Å². The molecule has 5 nitrogen and oxygen atoms in total. The first kappa shape index (κ1) is 12.7. The average Bonchev–Trinajstić information content (AvgIpc) is 2.77. The number of aromatic nitrogens is 2. The third-order valence-corrected chi connectivity index (χ3v) is 3.59. The number of fused-ring (bicyclic) bond motifs is 1. The van der Waals surface area contributed by atoms with E-state index in [-0.39, 0.29) is 11.9 Å². The van der Waals surface area contributed by atoms with Crippen LogP contribution in [0.5, 0.6) is 0 Å². The van der Waals surface area contributed by atoms with Gasteiger partial charge in [0.1, 0.15) is 17.5 Å². The fourth-order valence-electron chi connectivity index (χ4n) is 2.54. The number of amides is 1. The van der Waals surface area contributed by atoms with E-state index in [1.54, 1.807) is 0 Å². The first-order valence-electron chi connectivity index (χ1n) is 6.87. The molecule has 1 unspecified atom stereocenters. The second-order valence-electron chi connectivity index (χ2n) is 5.00. The van der Waals surface area contributed by atoms with Crippen molar-refractivity contribution < 1.29 is 4.79 Å². The van der Waals surface area contributed by atoms with Gasteiger partial charge in [-0.3, -0.25) is 4.79 Å². The van der Waals surface area contributed by atoms with Crippen molar-refractivity contribution in [3.05, 3.63) is 41.6 Å². The molecule has 0 aliphatic carbocycles. The van der Waals surface area contributed by atoms with Crippen LogP contribution < -0.4 is 10.6 Å². The van der Waals surface area contributed by atoms with E-state index in [1.807, 2.05) is 48.9 Å². The molecule has 0 spiro atoms. The Hall–Kier alpha value is -2.30. The van der Waals surface area contributed by atoms with Crippen LogP contribution in [0.25, 0.3) is 0 Å². The summed E-state index contributed by atoms with van der Waals surface area (Å²) in [6, 6.07) is 9.76. The quantitative estimate of drug-likeness (QED) is 0.898. The molecule has 0 radical (unpaired) electrons. The predicted octanol–water partition coefficient (Wildman–Crippen LogP) is 2.19. The van der Waals surface area contributed by atoms with Gasteiger partial charge in [-0.1, -0.05) is 30.3 Å². The maximum absolute atomic E-state index is 12.2. The fraction of sp³-hybridized carbons (Fsp3) is 0.333. The standard InChI is InChI=1S/C15H18N4O/c1-3-19-14-13(10(2)18-19)17-15(20)12(16-14)9-11-7-5-4-6-8-11/h4-8,12,16H,3,9H2,1-2H3,(H,17,20). The van der Waals surface area contributed by atoms with E-state index in [2.05, 4.69) is 15.7 Å². The summed E-state index contributed by atoms with van der Waals surface area (Å²) in [6.07, 6.45) is 0.667. The van der Waals surface area contributed by atoms with Crippen molar-refractivity contribution >= 4 is 17.4 Å². The van der Waals surface area contributed by atoms with Crippen LogP contribution in [-0.4, -0.2) is 21.7 Å². The summed E-state index contributed by atoms with van der Waals surface area (Å²) in [4.78, 5) is 12.2. The molecule has 0 fully saturated rings. The van der Waals surface area contributed by atoms with Crippen LogP contribution in [0, 0.1) is 6.92 Å². The monoisotopic (exact) mass is 270 g/mol. The van der Waals surface area contributed by atoms with Crippen LogP contribution in [0.15, 0.2) is 30.3 Å². The maximum Gasteiger partial charge on any atom is 0.247 e. The maximum atomic E-state index is 12.2. The number of benzene rings is 1. The molecule has 1 amide bonds. The summed E-state index contributed by atoms with van der Waals surface area (Å²) in [5.41, 5.74) is 2.80. The molecule has 2 aromatic rings. The Morgan fingerprint density at radius 1 is 1.30 bits per heavy atom. The number of carbonyl (C=O) groups is 1. The second kappa shape index (κ2) is 5.00. The van der Waals surface area contributed by atoms with E-state index in [1.165, 1.54) is 0 Å². The lowest BCUT2D eigenvalue weighted by atomic mass is 10.0. The number of anilines is 2. The van der Waals surface area contributed by atoms with Gasteiger partial charge in [0.05, 0.1) is 5.69 Å². The lowest BCUT2D eigenvalue weighted by Gasteiger charge is -2.25. The molecule has 0 bridgehead atoms. The normalized spacial score (nSPS) is 17.3. The lowest BCUT2D eigenvalue weighted by Crippen LogP contribution is -2.41. The summed E-state index contributed by atoms with van der Waals surface area (Å²) in [5, 5.41) is 10.7. The summed E-state index contributed by atoms with van der Waals surface area (Å²) in [5.74, 6) is 0.908. The Balaban J connectivity index is 1.87. The summed E-state index contributed by atoms with van der Waals surface area (Å²) in [6.45, 7) is 4.72. The van der Waals surface area contributed by atoms with E-state index in [4.69, 9.17) is 0 Å². The Labute approximate surface area is 118 Å². The van der Waals surface area contributed by atoms with Gasteiger partial charge in [-0.2, -0.15) is 5.10 Å². The average molecular weight is 270 g/mol. The highest BCUT2D eigenvalue weighted by atomic mass is 16.2. The van der Waals surface area contributed by atoms with Gasteiger partial charge in [0.2, 0.25) is 5.91 Å². The van der Waals surface area contributed by atoms with Crippen molar-refractivity contribution in [1.82, 2.24) is 9.78 Å². The number of nitrogens with one attached hydrogen (secondary N) is 2. The zero-order valence-electron chi connectivity index (χ0n) is 11.7. The third-order valence-electron chi connectivity index (χ3n) is 3.59. The van der Waals surface area contributed by atoms with Crippen LogP contribution >= 0.6 is 0 Å².